The van der Waals surface area contributed by atoms with Crippen molar-refractivity contribution >= 4 is 11.8 Å². The lowest BCUT2D eigenvalue weighted by atomic mass is 9.95. The van der Waals surface area contributed by atoms with E-state index in [4.69, 9.17) is 0 Å². The SMILES string of the molecule is CNc1nccc(-c2ccc(C)cc2C)c1C(=O)O. The van der Waals surface area contributed by atoms with Crippen LogP contribution < -0.4 is 5.32 Å². The van der Waals surface area contributed by atoms with Crippen molar-refractivity contribution in [1.29, 1.82) is 0 Å². The number of carboxylic acid groups (broad SMARTS) is 1. The van der Waals surface area contributed by atoms with E-state index in [2.05, 4.69) is 10.3 Å². The van der Waals surface area contributed by atoms with Crippen LogP contribution in [0.3, 0.4) is 0 Å². The van der Waals surface area contributed by atoms with E-state index in [-0.39, 0.29) is 5.56 Å². The van der Waals surface area contributed by atoms with Crippen molar-refractivity contribution < 1.29 is 9.90 Å². The molecule has 1 aromatic heterocycles. The van der Waals surface area contributed by atoms with Crippen LogP contribution in [0.2, 0.25) is 0 Å². The molecule has 0 amide bonds. The molecule has 2 rings (SSSR count). The van der Waals surface area contributed by atoms with Crippen molar-refractivity contribution in [3.05, 3.63) is 47.2 Å². The van der Waals surface area contributed by atoms with Gasteiger partial charge in [-0.1, -0.05) is 23.8 Å². The van der Waals surface area contributed by atoms with Gasteiger partial charge in [-0.3, -0.25) is 0 Å². The number of aryl methyl sites for hydroxylation is 2. The fraction of sp³-hybridized carbons (Fsp3) is 0.200. The molecule has 0 saturated heterocycles. The number of carboxylic acids is 1. The van der Waals surface area contributed by atoms with Crippen molar-refractivity contribution in [2.24, 2.45) is 0 Å². The summed E-state index contributed by atoms with van der Waals surface area (Å²) in [6.07, 6.45) is 1.62. The van der Waals surface area contributed by atoms with E-state index < -0.39 is 5.97 Å². The Labute approximate surface area is 112 Å². The number of aromatic carboxylic acids is 1. The lowest BCUT2D eigenvalue weighted by Gasteiger charge is -2.12. The topological polar surface area (TPSA) is 62.2 Å². The summed E-state index contributed by atoms with van der Waals surface area (Å²) in [5.74, 6) is -0.600. The number of hydrogen-bond acceptors (Lipinski definition) is 3. The van der Waals surface area contributed by atoms with E-state index in [1.54, 1.807) is 19.3 Å². The maximum absolute atomic E-state index is 11.5. The molecule has 1 heterocycles. The van der Waals surface area contributed by atoms with E-state index in [1.165, 1.54) is 0 Å². The minimum absolute atomic E-state index is 0.206. The van der Waals surface area contributed by atoms with Gasteiger partial charge < -0.3 is 10.4 Å². The van der Waals surface area contributed by atoms with Gasteiger partial charge in [-0.15, -0.1) is 0 Å². The van der Waals surface area contributed by atoms with Crippen molar-refractivity contribution in [2.75, 3.05) is 12.4 Å². The van der Waals surface area contributed by atoms with Crippen LogP contribution in [0, 0.1) is 13.8 Å². The second-order valence-corrected chi connectivity index (χ2v) is 4.46. The third-order valence-electron chi connectivity index (χ3n) is 3.07. The predicted molar refractivity (Wildman–Crippen MR) is 75.7 cm³/mol. The third-order valence-corrected chi connectivity index (χ3v) is 3.07. The summed E-state index contributed by atoms with van der Waals surface area (Å²) in [5, 5.41) is 12.2. The van der Waals surface area contributed by atoms with E-state index in [1.807, 2.05) is 32.0 Å². The highest BCUT2D eigenvalue weighted by Gasteiger charge is 2.18. The zero-order valence-electron chi connectivity index (χ0n) is 11.2. The van der Waals surface area contributed by atoms with Gasteiger partial charge in [-0.05, 0) is 31.0 Å². The van der Waals surface area contributed by atoms with Crippen LogP contribution in [0.1, 0.15) is 21.5 Å². The second-order valence-electron chi connectivity index (χ2n) is 4.46. The summed E-state index contributed by atoms with van der Waals surface area (Å²) in [6.45, 7) is 3.99. The van der Waals surface area contributed by atoms with Crippen molar-refractivity contribution in [2.45, 2.75) is 13.8 Å². The van der Waals surface area contributed by atoms with Crippen LogP contribution in [0.4, 0.5) is 5.82 Å². The van der Waals surface area contributed by atoms with Crippen LogP contribution in [0.25, 0.3) is 11.1 Å². The first-order valence-electron chi connectivity index (χ1n) is 6.02. The standard InChI is InChI=1S/C15H16N2O2/c1-9-4-5-11(10(2)8-9)12-6-7-17-14(16-3)13(12)15(18)19/h4-8H,1-3H3,(H,16,17)(H,18,19). The Bertz CT molecular complexity index is 636. The van der Waals surface area contributed by atoms with E-state index in [0.717, 1.165) is 16.7 Å². The third kappa shape index (κ3) is 2.42. The number of nitrogens with zero attached hydrogens (tertiary/aromatic N) is 1. The molecule has 4 heteroatoms. The van der Waals surface area contributed by atoms with Crippen molar-refractivity contribution in [3.63, 3.8) is 0 Å². The number of aromatic nitrogens is 1. The predicted octanol–water partition coefficient (Wildman–Crippen LogP) is 3.11. The quantitative estimate of drug-likeness (QED) is 0.885. The van der Waals surface area contributed by atoms with E-state index in [0.29, 0.717) is 11.4 Å². The molecule has 0 unspecified atom stereocenters. The summed E-state index contributed by atoms with van der Waals surface area (Å²) in [4.78, 5) is 15.5. The highest BCUT2D eigenvalue weighted by atomic mass is 16.4. The summed E-state index contributed by atoms with van der Waals surface area (Å²) in [6, 6.07) is 7.71. The molecule has 0 aliphatic carbocycles. The number of benzene rings is 1. The van der Waals surface area contributed by atoms with Crippen molar-refractivity contribution in [3.8, 4) is 11.1 Å². The highest BCUT2D eigenvalue weighted by molar-refractivity contribution is 6.01. The molecule has 1 aromatic carbocycles. The lowest BCUT2D eigenvalue weighted by Crippen LogP contribution is -2.07. The first kappa shape index (κ1) is 13.1. The summed E-state index contributed by atoms with van der Waals surface area (Å²) in [5.41, 5.74) is 4.01. The Kier molecular flexibility index (Phi) is 3.51. The maximum Gasteiger partial charge on any atom is 0.340 e. The molecule has 98 valence electrons. The number of carbonyl (C=O) groups is 1. The molecule has 19 heavy (non-hydrogen) atoms. The van der Waals surface area contributed by atoms with Gasteiger partial charge in [0.25, 0.3) is 0 Å². The molecule has 4 nitrogen and oxygen atoms in total. The van der Waals surface area contributed by atoms with E-state index in [9.17, 15) is 9.90 Å². The van der Waals surface area contributed by atoms with Gasteiger partial charge in [0, 0.05) is 18.8 Å². The molecular weight excluding hydrogens is 240 g/mol. The minimum atomic E-state index is -0.979. The number of nitrogens with one attached hydrogen (secondary N) is 1. The number of pyridine rings is 1. The van der Waals surface area contributed by atoms with Gasteiger partial charge in [0.15, 0.2) is 0 Å². The van der Waals surface area contributed by atoms with Crippen molar-refractivity contribution in [1.82, 2.24) is 4.98 Å². The number of hydrogen-bond donors (Lipinski definition) is 2. The average Bonchev–Trinajstić information content (AvgIpc) is 2.37. The normalized spacial score (nSPS) is 10.3. The van der Waals surface area contributed by atoms with Crippen LogP contribution in [-0.4, -0.2) is 23.1 Å². The second kappa shape index (κ2) is 5.10. The molecule has 0 spiro atoms. The zero-order chi connectivity index (χ0) is 14.0. The highest BCUT2D eigenvalue weighted by Crippen LogP contribution is 2.30. The van der Waals surface area contributed by atoms with Gasteiger partial charge in [0.2, 0.25) is 0 Å². The fourth-order valence-electron chi connectivity index (χ4n) is 2.21. The Morgan fingerprint density at radius 3 is 2.53 bits per heavy atom. The maximum atomic E-state index is 11.5. The first-order valence-corrected chi connectivity index (χ1v) is 6.02. The molecule has 0 aliphatic heterocycles. The first-order chi connectivity index (χ1) is 9.04. The molecule has 0 saturated carbocycles. The zero-order valence-corrected chi connectivity index (χ0v) is 11.2. The minimum Gasteiger partial charge on any atom is -0.478 e. The molecular formula is C15H16N2O2. The van der Waals surface area contributed by atoms with Crippen LogP contribution in [0.5, 0.6) is 0 Å². The molecule has 0 fully saturated rings. The van der Waals surface area contributed by atoms with Gasteiger partial charge in [0.1, 0.15) is 11.4 Å². The molecule has 0 aliphatic rings. The Morgan fingerprint density at radius 1 is 1.21 bits per heavy atom. The van der Waals surface area contributed by atoms with Gasteiger partial charge in [-0.2, -0.15) is 0 Å². The van der Waals surface area contributed by atoms with Gasteiger partial charge in [0.05, 0.1) is 0 Å². The summed E-state index contributed by atoms with van der Waals surface area (Å²) < 4.78 is 0. The molecule has 0 atom stereocenters. The fourth-order valence-corrected chi connectivity index (χ4v) is 2.21. The Balaban J connectivity index is 2.71. The molecule has 2 aromatic rings. The smallest absolute Gasteiger partial charge is 0.340 e. The summed E-state index contributed by atoms with van der Waals surface area (Å²) >= 11 is 0. The largest absolute Gasteiger partial charge is 0.478 e. The summed E-state index contributed by atoms with van der Waals surface area (Å²) in [7, 11) is 1.67. The Morgan fingerprint density at radius 2 is 1.95 bits per heavy atom. The molecule has 0 bridgehead atoms. The molecule has 2 N–H and O–H groups in total. The lowest BCUT2D eigenvalue weighted by molar-refractivity contribution is 0.0698. The van der Waals surface area contributed by atoms with Gasteiger partial charge in [-0.25, -0.2) is 9.78 Å². The van der Waals surface area contributed by atoms with E-state index >= 15 is 0 Å². The van der Waals surface area contributed by atoms with Crippen LogP contribution in [0.15, 0.2) is 30.5 Å². The number of anilines is 1. The average molecular weight is 256 g/mol. The monoisotopic (exact) mass is 256 g/mol. The number of rotatable bonds is 3. The Hall–Kier alpha value is -2.36. The van der Waals surface area contributed by atoms with Crippen LogP contribution >= 0.6 is 0 Å². The molecule has 0 radical (unpaired) electrons. The van der Waals surface area contributed by atoms with Gasteiger partial charge >= 0.3 is 5.97 Å². The van der Waals surface area contributed by atoms with Crippen LogP contribution in [-0.2, 0) is 0 Å².